The number of aliphatic carboxylic acids is 1. The van der Waals surface area contributed by atoms with Crippen molar-refractivity contribution in [3.8, 4) is 0 Å². The Morgan fingerprint density at radius 2 is 1.81 bits per heavy atom. The molecule has 6 heteroatoms. The molecule has 1 rings (SSSR count). The molecular weight excluding hydrogens is 241 g/mol. The summed E-state index contributed by atoms with van der Waals surface area (Å²) in [6.45, 7) is 1.80. The quantitative estimate of drug-likeness (QED) is 0.837. The molecule has 0 fully saturated rings. The maximum Gasteiger partial charge on any atom is 0.411 e. The van der Waals surface area contributed by atoms with E-state index in [0.717, 1.165) is 5.56 Å². The number of thioether (sulfide) groups is 1. The van der Waals surface area contributed by atoms with Crippen LogP contribution in [0.1, 0.15) is 5.56 Å². The normalized spacial score (nSPS) is 13.5. The maximum atomic E-state index is 12.3. The van der Waals surface area contributed by atoms with Crippen LogP contribution in [0, 0.1) is 6.92 Å². The SMILES string of the molecule is Cc1ccc(SC(C(=O)O)C(F)(F)F)cc1. The largest absolute Gasteiger partial charge is 0.480 e. The molecule has 0 radical (unpaired) electrons. The molecule has 1 aromatic rings. The number of aryl methyl sites for hydroxylation is 1. The summed E-state index contributed by atoms with van der Waals surface area (Å²) in [5.41, 5.74) is 0.906. The van der Waals surface area contributed by atoms with Crippen molar-refractivity contribution in [2.75, 3.05) is 0 Å². The molecule has 1 unspecified atom stereocenters. The minimum atomic E-state index is -4.75. The predicted octanol–water partition coefficient (Wildman–Crippen LogP) is 3.10. The van der Waals surface area contributed by atoms with E-state index in [0.29, 0.717) is 0 Å². The van der Waals surface area contributed by atoms with Crippen molar-refractivity contribution in [3.63, 3.8) is 0 Å². The number of carbonyl (C=O) groups is 1. The third-order valence-electron chi connectivity index (χ3n) is 1.80. The van der Waals surface area contributed by atoms with Crippen molar-refractivity contribution in [2.45, 2.75) is 23.2 Å². The lowest BCUT2D eigenvalue weighted by Crippen LogP contribution is -2.33. The maximum absolute atomic E-state index is 12.3. The van der Waals surface area contributed by atoms with Crippen molar-refractivity contribution >= 4 is 17.7 Å². The monoisotopic (exact) mass is 250 g/mol. The molecular formula is C10H9F3O2S. The van der Waals surface area contributed by atoms with E-state index in [4.69, 9.17) is 5.11 Å². The summed E-state index contributed by atoms with van der Waals surface area (Å²) < 4.78 is 37.0. The molecule has 2 nitrogen and oxygen atoms in total. The molecule has 16 heavy (non-hydrogen) atoms. The van der Waals surface area contributed by atoms with E-state index < -0.39 is 17.4 Å². The molecule has 1 atom stereocenters. The number of carboxylic acid groups (broad SMARTS) is 1. The number of hydrogen-bond acceptors (Lipinski definition) is 2. The van der Waals surface area contributed by atoms with Crippen molar-refractivity contribution in [3.05, 3.63) is 29.8 Å². The van der Waals surface area contributed by atoms with Crippen LogP contribution in [0.3, 0.4) is 0 Å². The second-order valence-corrected chi connectivity index (χ2v) is 4.37. The van der Waals surface area contributed by atoms with Crippen LogP contribution in [0.4, 0.5) is 13.2 Å². The second-order valence-electron chi connectivity index (χ2n) is 3.19. The van der Waals surface area contributed by atoms with Gasteiger partial charge in [0, 0.05) is 4.90 Å². The minimum absolute atomic E-state index is 0.287. The van der Waals surface area contributed by atoms with Crippen LogP contribution in [0.15, 0.2) is 29.2 Å². The van der Waals surface area contributed by atoms with Gasteiger partial charge in [0.05, 0.1) is 0 Å². The van der Waals surface area contributed by atoms with Gasteiger partial charge >= 0.3 is 12.1 Å². The van der Waals surface area contributed by atoms with E-state index in [-0.39, 0.29) is 16.7 Å². The Labute approximate surface area is 94.5 Å². The van der Waals surface area contributed by atoms with E-state index in [1.165, 1.54) is 12.1 Å². The zero-order valence-electron chi connectivity index (χ0n) is 8.28. The van der Waals surface area contributed by atoms with Crippen molar-refractivity contribution in [1.82, 2.24) is 0 Å². The average Bonchev–Trinajstić information content (AvgIpc) is 2.14. The van der Waals surface area contributed by atoms with Crippen LogP contribution >= 0.6 is 11.8 Å². The van der Waals surface area contributed by atoms with E-state index in [1.54, 1.807) is 19.1 Å². The molecule has 0 saturated heterocycles. The minimum Gasteiger partial charge on any atom is -0.480 e. The third-order valence-corrected chi connectivity index (χ3v) is 3.05. The van der Waals surface area contributed by atoms with E-state index in [1.807, 2.05) is 0 Å². The molecule has 1 aromatic carbocycles. The zero-order chi connectivity index (χ0) is 12.3. The lowest BCUT2D eigenvalue weighted by atomic mass is 10.2. The first-order valence-electron chi connectivity index (χ1n) is 4.33. The summed E-state index contributed by atoms with van der Waals surface area (Å²) >= 11 is 0.288. The Bertz CT molecular complexity index is 373. The van der Waals surface area contributed by atoms with Gasteiger partial charge in [-0.3, -0.25) is 4.79 Å². The first kappa shape index (κ1) is 12.9. The lowest BCUT2D eigenvalue weighted by molar-refractivity contribution is -0.162. The number of benzene rings is 1. The molecule has 0 aliphatic carbocycles. The number of alkyl halides is 3. The molecule has 1 N–H and O–H groups in total. The van der Waals surface area contributed by atoms with Crippen LogP contribution in [0.25, 0.3) is 0 Å². The Balaban J connectivity index is 2.84. The predicted molar refractivity (Wildman–Crippen MR) is 54.5 cm³/mol. The molecule has 0 saturated carbocycles. The third kappa shape index (κ3) is 3.44. The fourth-order valence-electron chi connectivity index (χ4n) is 1.01. The van der Waals surface area contributed by atoms with Gasteiger partial charge in [-0.25, -0.2) is 0 Å². The van der Waals surface area contributed by atoms with Crippen molar-refractivity contribution < 1.29 is 23.1 Å². The van der Waals surface area contributed by atoms with Gasteiger partial charge < -0.3 is 5.11 Å². The standard InChI is InChI=1S/C10H9F3O2S/c1-6-2-4-7(5-3-6)16-8(9(14)15)10(11,12)13/h2-5,8H,1H3,(H,14,15). The molecule has 0 bridgehead atoms. The van der Waals surface area contributed by atoms with Crippen molar-refractivity contribution in [1.29, 1.82) is 0 Å². The van der Waals surface area contributed by atoms with Gasteiger partial charge in [0.15, 0.2) is 0 Å². The highest BCUT2D eigenvalue weighted by Gasteiger charge is 2.45. The highest BCUT2D eigenvalue weighted by atomic mass is 32.2. The number of carboxylic acids is 1. The van der Waals surface area contributed by atoms with E-state index in [9.17, 15) is 18.0 Å². The van der Waals surface area contributed by atoms with Crippen LogP contribution in [-0.4, -0.2) is 22.5 Å². The Morgan fingerprint density at radius 1 is 1.31 bits per heavy atom. The molecule has 0 heterocycles. The highest BCUT2D eigenvalue weighted by molar-refractivity contribution is 8.00. The molecule has 0 aliphatic rings. The van der Waals surface area contributed by atoms with Gasteiger partial charge in [0.1, 0.15) is 0 Å². The summed E-state index contributed by atoms with van der Waals surface area (Å²) in [7, 11) is 0. The molecule has 0 aromatic heterocycles. The van der Waals surface area contributed by atoms with Crippen LogP contribution in [-0.2, 0) is 4.79 Å². The lowest BCUT2D eigenvalue weighted by Gasteiger charge is -2.15. The van der Waals surface area contributed by atoms with Gasteiger partial charge in [-0.05, 0) is 19.1 Å². The first-order chi connectivity index (χ1) is 7.30. The molecule has 0 amide bonds. The van der Waals surface area contributed by atoms with Crippen LogP contribution in [0.2, 0.25) is 0 Å². The summed E-state index contributed by atoms with van der Waals surface area (Å²) in [4.78, 5) is 10.8. The molecule has 0 aliphatic heterocycles. The van der Waals surface area contributed by atoms with Gasteiger partial charge in [0.25, 0.3) is 0 Å². The average molecular weight is 250 g/mol. The smallest absolute Gasteiger partial charge is 0.411 e. The summed E-state index contributed by atoms with van der Waals surface area (Å²) in [6.07, 6.45) is -4.75. The van der Waals surface area contributed by atoms with Crippen LogP contribution in [0.5, 0.6) is 0 Å². The summed E-state index contributed by atoms with van der Waals surface area (Å²) in [5.74, 6) is -1.88. The van der Waals surface area contributed by atoms with Crippen LogP contribution < -0.4 is 0 Å². The first-order valence-corrected chi connectivity index (χ1v) is 5.21. The molecule has 88 valence electrons. The zero-order valence-corrected chi connectivity index (χ0v) is 9.10. The topological polar surface area (TPSA) is 37.3 Å². The Morgan fingerprint density at radius 3 is 2.19 bits per heavy atom. The van der Waals surface area contributed by atoms with Gasteiger partial charge in [0.2, 0.25) is 5.25 Å². The summed E-state index contributed by atoms with van der Waals surface area (Å²) in [6, 6.07) is 6.22. The fraction of sp³-hybridized carbons (Fsp3) is 0.300. The van der Waals surface area contributed by atoms with E-state index >= 15 is 0 Å². The highest BCUT2D eigenvalue weighted by Crippen LogP contribution is 2.35. The molecule has 0 spiro atoms. The Hall–Kier alpha value is -1.17. The number of halogens is 3. The van der Waals surface area contributed by atoms with Gasteiger partial charge in [-0.1, -0.05) is 17.7 Å². The fourth-order valence-corrected chi connectivity index (χ4v) is 1.81. The summed E-state index contributed by atoms with van der Waals surface area (Å²) in [5, 5.41) is 6.06. The van der Waals surface area contributed by atoms with Gasteiger partial charge in [-0.2, -0.15) is 13.2 Å². The number of hydrogen-bond donors (Lipinski definition) is 1. The van der Waals surface area contributed by atoms with Gasteiger partial charge in [-0.15, -0.1) is 11.8 Å². The van der Waals surface area contributed by atoms with E-state index in [2.05, 4.69) is 0 Å². The van der Waals surface area contributed by atoms with Crippen molar-refractivity contribution in [2.24, 2.45) is 0 Å². The Kier molecular flexibility index (Phi) is 3.85. The second kappa shape index (κ2) is 4.78. The number of rotatable bonds is 3.